The second-order valence-electron chi connectivity index (χ2n) is 4.20. The fraction of sp³-hybridized carbons (Fsp3) is 0.600. The van der Waals surface area contributed by atoms with Crippen molar-refractivity contribution >= 4 is 55.0 Å². The van der Waals surface area contributed by atoms with Gasteiger partial charge in [0.25, 0.3) is 0 Å². The van der Waals surface area contributed by atoms with Crippen LogP contribution in [0.4, 0.5) is 0 Å². The molecule has 0 saturated heterocycles. The third kappa shape index (κ3) is 2350. The van der Waals surface area contributed by atoms with E-state index >= 15 is 0 Å². The van der Waals surface area contributed by atoms with E-state index in [0.29, 0.717) is 0 Å². The molecule has 0 atom stereocenters. The van der Waals surface area contributed by atoms with Crippen molar-refractivity contribution in [3.05, 3.63) is 0 Å². The quantitative estimate of drug-likeness (QED) is 0.389. The SMILES string of the molecule is CC(=O)[O-].CC(=O)[O-].CC(=O)[O-].CC(C)=O.CC(C)=O.CC(C)=O.[Ga+3]. The molecule has 0 amide bonds. The van der Waals surface area contributed by atoms with Gasteiger partial charge in [-0.2, -0.15) is 0 Å². The summed E-state index contributed by atoms with van der Waals surface area (Å²) in [4.78, 5) is 55.0. The molecular formula is C15H27GaO9. The summed E-state index contributed by atoms with van der Waals surface area (Å²) in [5.41, 5.74) is 0. The molecule has 0 unspecified atom stereocenters. The molecule has 0 bridgehead atoms. The molecule has 0 aromatic rings. The van der Waals surface area contributed by atoms with Crippen molar-refractivity contribution in [1.82, 2.24) is 0 Å². The average molecular weight is 421 g/mol. The van der Waals surface area contributed by atoms with Crippen molar-refractivity contribution in [2.45, 2.75) is 62.3 Å². The van der Waals surface area contributed by atoms with Gasteiger partial charge in [-0.25, -0.2) is 0 Å². The monoisotopic (exact) mass is 420 g/mol. The van der Waals surface area contributed by atoms with Gasteiger partial charge in [0.1, 0.15) is 17.3 Å². The largest absolute Gasteiger partial charge is 3.00 e. The van der Waals surface area contributed by atoms with Crippen LogP contribution in [0.3, 0.4) is 0 Å². The Bertz CT molecular complexity index is 260. The van der Waals surface area contributed by atoms with Crippen LogP contribution in [-0.2, 0) is 28.8 Å². The fourth-order valence-corrected chi connectivity index (χ4v) is 0. The summed E-state index contributed by atoms with van der Waals surface area (Å²) < 4.78 is 0. The zero-order chi connectivity index (χ0) is 21.5. The maximum atomic E-state index is 9.44. The summed E-state index contributed by atoms with van der Waals surface area (Å²) in [5, 5.41) is 26.7. The Labute approximate surface area is 161 Å². The number of hydrogen-bond donors (Lipinski definition) is 0. The summed E-state index contributed by atoms with van der Waals surface area (Å²) in [6, 6.07) is 0. The fourth-order valence-electron chi connectivity index (χ4n) is 0. The first-order valence-corrected chi connectivity index (χ1v) is 6.34. The molecule has 0 N–H and O–H groups in total. The summed E-state index contributed by atoms with van der Waals surface area (Å²) in [6.45, 7) is 12.1. The normalized spacial score (nSPS) is 6.12. The van der Waals surface area contributed by atoms with Gasteiger partial charge in [-0.15, -0.1) is 0 Å². The third-order valence-electron chi connectivity index (χ3n) is 0. The van der Waals surface area contributed by atoms with Gasteiger partial charge >= 0.3 is 19.8 Å². The molecule has 0 aliphatic heterocycles. The molecule has 0 spiro atoms. The smallest absolute Gasteiger partial charge is 0.550 e. The Morgan fingerprint density at radius 1 is 0.400 bits per heavy atom. The minimum absolute atomic E-state index is 0. The number of carboxylic acid groups (broad SMARTS) is 3. The van der Waals surface area contributed by atoms with E-state index in [-0.39, 0.29) is 37.1 Å². The van der Waals surface area contributed by atoms with Crippen molar-refractivity contribution < 1.29 is 44.1 Å². The average Bonchev–Trinajstić information content (AvgIpc) is 2.08. The molecule has 25 heavy (non-hydrogen) atoms. The van der Waals surface area contributed by atoms with Gasteiger partial charge in [0, 0.05) is 17.9 Å². The maximum absolute atomic E-state index is 9.44. The number of carbonyl (C=O) groups excluding carboxylic acids is 6. The molecule has 0 saturated carbocycles. The van der Waals surface area contributed by atoms with E-state index in [1.165, 1.54) is 41.5 Å². The predicted octanol–water partition coefficient (Wildman–Crippen LogP) is -2.33. The molecule has 0 aromatic carbocycles. The summed E-state index contributed by atoms with van der Waals surface area (Å²) in [6.07, 6.45) is 0. The number of aliphatic carboxylic acids is 3. The van der Waals surface area contributed by atoms with Crippen molar-refractivity contribution in [3.8, 4) is 0 Å². The number of rotatable bonds is 0. The second kappa shape index (κ2) is 37.9. The van der Waals surface area contributed by atoms with Gasteiger partial charge in [-0.05, 0) is 62.3 Å². The van der Waals surface area contributed by atoms with Crippen LogP contribution >= 0.6 is 0 Å². The second-order valence-corrected chi connectivity index (χ2v) is 4.20. The first-order valence-electron chi connectivity index (χ1n) is 6.34. The van der Waals surface area contributed by atoms with E-state index in [0.717, 1.165) is 20.8 Å². The number of carbonyl (C=O) groups is 6. The number of Topliss-reactive ketones (excluding diaryl/α,β-unsaturated/α-hetero) is 3. The third-order valence-corrected chi connectivity index (χ3v) is 0. The van der Waals surface area contributed by atoms with Crippen LogP contribution in [0.25, 0.3) is 0 Å². The first kappa shape index (κ1) is 43.5. The van der Waals surface area contributed by atoms with Crippen LogP contribution in [0.15, 0.2) is 0 Å². The van der Waals surface area contributed by atoms with Crippen molar-refractivity contribution in [3.63, 3.8) is 0 Å². The van der Waals surface area contributed by atoms with Crippen molar-refractivity contribution in [1.29, 1.82) is 0 Å². The Balaban J connectivity index is -0.0000000309. The molecule has 9 nitrogen and oxygen atoms in total. The molecule has 0 rings (SSSR count). The van der Waals surface area contributed by atoms with E-state index < -0.39 is 17.9 Å². The molecule has 0 heterocycles. The molecule has 0 radical (unpaired) electrons. The zero-order valence-corrected chi connectivity index (χ0v) is 18.7. The van der Waals surface area contributed by atoms with Crippen LogP contribution < -0.4 is 15.3 Å². The van der Waals surface area contributed by atoms with Crippen LogP contribution in [0, 0.1) is 0 Å². The van der Waals surface area contributed by atoms with E-state index in [2.05, 4.69) is 0 Å². The molecular weight excluding hydrogens is 394 g/mol. The minimum Gasteiger partial charge on any atom is -0.550 e. The Kier molecular flexibility index (Phi) is 66.0. The van der Waals surface area contributed by atoms with Crippen LogP contribution in [0.1, 0.15) is 62.3 Å². The van der Waals surface area contributed by atoms with E-state index in [4.69, 9.17) is 29.7 Å². The van der Waals surface area contributed by atoms with Gasteiger partial charge < -0.3 is 44.1 Å². The van der Waals surface area contributed by atoms with Gasteiger partial charge in [0.05, 0.1) is 0 Å². The molecule has 0 aromatic heterocycles. The minimum atomic E-state index is -1.08. The van der Waals surface area contributed by atoms with Gasteiger partial charge in [-0.3, -0.25) is 0 Å². The predicted molar refractivity (Wildman–Crippen MR) is 86.9 cm³/mol. The van der Waals surface area contributed by atoms with Crippen LogP contribution in [-0.4, -0.2) is 55.0 Å². The van der Waals surface area contributed by atoms with Crippen molar-refractivity contribution in [2.24, 2.45) is 0 Å². The van der Waals surface area contributed by atoms with Gasteiger partial charge in [0.15, 0.2) is 0 Å². The summed E-state index contributed by atoms with van der Waals surface area (Å²) >= 11 is 0. The van der Waals surface area contributed by atoms with Gasteiger partial charge in [0.2, 0.25) is 0 Å². The zero-order valence-electron chi connectivity index (χ0n) is 16.3. The first-order chi connectivity index (χ1) is 10.4. The number of hydrogen-bond acceptors (Lipinski definition) is 9. The molecule has 144 valence electrons. The molecule has 0 aliphatic carbocycles. The van der Waals surface area contributed by atoms with E-state index in [1.807, 2.05) is 0 Å². The van der Waals surface area contributed by atoms with Crippen LogP contribution in [0.2, 0.25) is 0 Å². The van der Waals surface area contributed by atoms with E-state index in [9.17, 15) is 14.4 Å². The Morgan fingerprint density at radius 2 is 0.400 bits per heavy atom. The molecule has 10 heteroatoms. The van der Waals surface area contributed by atoms with Crippen LogP contribution in [0.5, 0.6) is 0 Å². The number of carboxylic acids is 3. The topological polar surface area (TPSA) is 172 Å². The standard InChI is InChI=1S/3C3H6O.3C2H4O2.Ga/c3*1-3(2)4;3*1-2(3)4;/h3*1-2H3;3*1H3,(H,3,4);/q;;;;;;+3/p-3. The van der Waals surface area contributed by atoms with Gasteiger partial charge in [-0.1, -0.05) is 0 Å². The molecule has 0 fully saturated rings. The maximum Gasteiger partial charge on any atom is 3.00 e. The Morgan fingerprint density at radius 3 is 0.400 bits per heavy atom. The molecule has 0 aliphatic rings. The number of ketones is 3. The van der Waals surface area contributed by atoms with Crippen molar-refractivity contribution in [2.75, 3.05) is 0 Å². The van der Waals surface area contributed by atoms with E-state index in [1.54, 1.807) is 0 Å². The summed E-state index contributed by atoms with van der Waals surface area (Å²) in [5.74, 6) is -2.75. The Hall–Kier alpha value is -1.94. The summed E-state index contributed by atoms with van der Waals surface area (Å²) in [7, 11) is 0.